The summed E-state index contributed by atoms with van der Waals surface area (Å²) in [4.78, 5) is 2.50. The van der Waals surface area contributed by atoms with Gasteiger partial charge in [-0.2, -0.15) is 0 Å². The second-order valence-electron chi connectivity index (χ2n) is 5.57. The van der Waals surface area contributed by atoms with Crippen LogP contribution < -0.4 is 5.32 Å². The molecule has 1 saturated heterocycles. The standard InChI is InChI=1S/C12H26N2OS/c1-6-11-7-13-12(3,4)9-14(11)8-10(2)16(5)15/h10-11,13H,6-9H2,1-5H3. The molecule has 1 aliphatic heterocycles. The molecule has 1 aliphatic rings. The predicted octanol–water partition coefficient (Wildman–Crippen LogP) is 1.22. The zero-order chi connectivity index (χ0) is 12.3. The number of hydrogen-bond acceptors (Lipinski definition) is 3. The fourth-order valence-corrected chi connectivity index (χ4v) is 2.67. The van der Waals surface area contributed by atoms with Crippen molar-refractivity contribution in [3.8, 4) is 0 Å². The van der Waals surface area contributed by atoms with Crippen LogP contribution in [0.3, 0.4) is 0 Å². The Kier molecular flexibility index (Phi) is 4.95. The molecule has 1 heterocycles. The Labute approximate surface area is 102 Å². The summed E-state index contributed by atoms with van der Waals surface area (Å²) in [5.74, 6) is 0. The van der Waals surface area contributed by atoms with Crippen LogP contribution >= 0.6 is 0 Å². The summed E-state index contributed by atoms with van der Waals surface area (Å²) in [6.45, 7) is 11.8. The largest absolute Gasteiger partial charge is 0.309 e. The summed E-state index contributed by atoms with van der Waals surface area (Å²) >= 11 is 0. The predicted molar refractivity (Wildman–Crippen MR) is 71.3 cm³/mol. The quantitative estimate of drug-likeness (QED) is 0.809. The average Bonchev–Trinajstić information content (AvgIpc) is 2.16. The molecule has 96 valence electrons. The van der Waals surface area contributed by atoms with Crippen molar-refractivity contribution in [3.05, 3.63) is 0 Å². The third-order valence-corrected chi connectivity index (χ3v) is 4.74. The van der Waals surface area contributed by atoms with Crippen LogP contribution in [0.25, 0.3) is 0 Å². The van der Waals surface area contributed by atoms with Crippen molar-refractivity contribution >= 4 is 10.8 Å². The fourth-order valence-electron chi connectivity index (χ4n) is 2.27. The summed E-state index contributed by atoms with van der Waals surface area (Å²) in [6.07, 6.45) is 2.96. The van der Waals surface area contributed by atoms with Crippen molar-refractivity contribution in [2.75, 3.05) is 25.9 Å². The Balaban J connectivity index is 2.62. The second-order valence-corrected chi connectivity index (χ2v) is 7.37. The summed E-state index contributed by atoms with van der Waals surface area (Å²) in [5.41, 5.74) is 0.181. The van der Waals surface area contributed by atoms with E-state index in [1.165, 1.54) is 0 Å². The molecule has 0 aromatic heterocycles. The molecule has 0 aromatic carbocycles. The Morgan fingerprint density at radius 3 is 2.69 bits per heavy atom. The van der Waals surface area contributed by atoms with Crippen LogP contribution in [0.4, 0.5) is 0 Å². The first kappa shape index (κ1) is 14.1. The van der Waals surface area contributed by atoms with Gasteiger partial charge in [-0.05, 0) is 27.2 Å². The van der Waals surface area contributed by atoms with Crippen molar-refractivity contribution in [3.63, 3.8) is 0 Å². The molecule has 16 heavy (non-hydrogen) atoms. The minimum absolute atomic E-state index is 0.181. The number of nitrogens with one attached hydrogen (secondary N) is 1. The third kappa shape index (κ3) is 3.82. The van der Waals surface area contributed by atoms with E-state index in [1.54, 1.807) is 6.26 Å². The molecule has 1 N–H and O–H groups in total. The van der Waals surface area contributed by atoms with Gasteiger partial charge in [0.05, 0.1) is 0 Å². The number of nitrogens with zero attached hydrogens (tertiary/aromatic N) is 1. The summed E-state index contributed by atoms with van der Waals surface area (Å²) in [6, 6.07) is 0.596. The normalized spacial score (nSPS) is 29.9. The summed E-state index contributed by atoms with van der Waals surface area (Å²) in [5, 5.41) is 3.84. The first-order chi connectivity index (χ1) is 7.35. The molecule has 3 atom stereocenters. The van der Waals surface area contributed by atoms with Gasteiger partial charge in [-0.15, -0.1) is 0 Å². The van der Waals surface area contributed by atoms with Crippen LogP contribution in [-0.4, -0.2) is 51.8 Å². The zero-order valence-corrected chi connectivity index (χ0v) is 12.1. The summed E-state index contributed by atoms with van der Waals surface area (Å²) < 4.78 is 11.4. The second kappa shape index (κ2) is 5.61. The molecule has 0 spiro atoms. The molecule has 4 heteroatoms. The van der Waals surface area contributed by atoms with Gasteiger partial charge >= 0.3 is 0 Å². The third-order valence-electron chi connectivity index (χ3n) is 3.46. The van der Waals surface area contributed by atoms with E-state index < -0.39 is 10.8 Å². The molecule has 0 bridgehead atoms. The van der Waals surface area contributed by atoms with Gasteiger partial charge in [-0.3, -0.25) is 9.11 Å². The van der Waals surface area contributed by atoms with Crippen LogP contribution in [0.15, 0.2) is 0 Å². The smallest absolute Gasteiger partial charge is 0.0444 e. The van der Waals surface area contributed by atoms with Gasteiger partial charge in [0.15, 0.2) is 0 Å². The highest BCUT2D eigenvalue weighted by atomic mass is 32.2. The monoisotopic (exact) mass is 246 g/mol. The number of rotatable bonds is 4. The van der Waals surface area contributed by atoms with Gasteiger partial charge in [-0.1, -0.05) is 6.92 Å². The van der Waals surface area contributed by atoms with Gasteiger partial charge in [0.2, 0.25) is 0 Å². The van der Waals surface area contributed by atoms with Crippen molar-refractivity contribution in [2.24, 2.45) is 0 Å². The zero-order valence-electron chi connectivity index (χ0n) is 11.2. The molecule has 0 radical (unpaired) electrons. The fraction of sp³-hybridized carbons (Fsp3) is 1.00. The van der Waals surface area contributed by atoms with E-state index in [9.17, 15) is 4.21 Å². The first-order valence-electron chi connectivity index (χ1n) is 6.17. The van der Waals surface area contributed by atoms with Crippen molar-refractivity contribution < 1.29 is 4.21 Å². The van der Waals surface area contributed by atoms with Crippen molar-refractivity contribution in [1.29, 1.82) is 0 Å². The molecule has 0 aliphatic carbocycles. The Bertz CT molecular complexity index is 255. The number of piperazine rings is 1. The van der Waals surface area contributed by atoms with E-state index in [1.807, 2.05) is 0 Å². The Hall–Kier alpha value is 0.0700. The van der Waals surface area contributed by atoms with E-state index in [-0.39, 0.29) is 10.8 Å². The van der Waals surface area contributed by atoms with Gasteiger partial charge in [0.1, 0.15) is 0 Å². The molecule has 1 rings (SSSR count). The maximum absolute atomic E-state index is 11.4. The lowest BCUT2D eigenvalue weighted by Gasteiger charge is -2.45. The highest BCUT2D eigenvalue weighted by Crippen LogP contribution is 2.18. The lowest BCUT2D eigenvalue weighted by Crippen LogP contribution is -2.62. The average molecular weight is 246 g/mol. The van der Waals surface area contributed by atoms with Crippen LogP contribution in [0.1, 0.15) is 34.1 Å². The van der Waals surface area contributed by atoms with E-state index in [4.69, 9.17) is 0 Å². The summed E-state index contributed by atoms with van der Waals surface area (Å²) in [7, 11) is -0.716. The van der Waals surface area contributed by atoms with E-state index in [2.05, 4.69) is 37.9 Å². The molecule has 0 amide bonds. The Morgan fingerprint density at radius 1 is 1.56 bits per heavy atom. The van der Waals surface area contributed by atoms with Crippen LogP contribution in [0.5, 0.6) is 0 Å². The lowest BCUT2D eigenvalue weighted by molar-refractivity contribution is 0.0940. The van der Waals surface area contributed by atoms with Gasteiger partial charge in [0.25, 0.3) is 0 Å². The number of hydrogen-bond donors (Lipinski definition) is 1. The molecular formula is C12H26N2OS. The molecule has 3 unspecified atom stereocenters. The van der Waals surface area contributed by atoms with Crippen LogP contribution in [-0.2, 0) is 10.8 Å². The van der Waals surface area contributed by atoms with Crippen molar-refractivity contribution in [2.45, 2.75) is 50.9 Å². The SMILES string of the molecule is CCC1CNC(C)(C)CN1CC(C)S(C)=O. The molecule has 3 nitrogen and oxygen atoms in total. The Morgan fingerprint density at radius 2 is 2.19 bits per heavy atom. The highest BCUT2D eigenvalue weighted by molar-refractivity contribution is 7.84. The van der Waals surface area contributed by atoms with Crippen LogP contribution in [0, 0.1) is 0 Å². The van der Waals surface area contributed by atoms with Gasteiger partial charge < -0.3 is 5.32 Å². The minimum Gasteiger partial charge on any atom is -0.309 e. The molecule has 0 saturated carbocycles. The molecule has 0 aromatic rings. The van der Waals surface area contributed by atoms with E-state index >= 15 is 0 Å². The van der Waals surface area contributed by atoms with E-state index in [0.29, 0.717) is 6.04 Å². The maximum Gasteiger partial charge on any atom is 0.0444 e. The molecule has 1 fully saturated rings. The minimum atomic E-state index is -0.716. The first-order valence-corrected chi connectivity index (χ1v) is 7.79. The van der Waals surface area contributed by atoms with Crippen molar-refractivity contribution in [1.82, 2.24) is 10.2 Å². The lowest BCUT2D eigenvalue weighted by atomic mass is 9.97. The van der Waals surface area contributed by atoms with Gasteiger partial charge in [-0.25, -0.2) is 0 Å². The van der Waals surface area contributed by atoms with E-state index in [0.717, 1.165) is 26.1 Å². The van der Waals surface area contributed by atoms with Crippen LogP contribution in [0.2, 0.25) is 0 Å². The van der Waals surface area contributed by atoms with Gasteiger partial charge in [0, 0.05) is 53.5 Å². The maximum atomic E-state index is 11.4. The topological polar surface area (TPSA) is 32.3 Å². The highest BCUT2D eigenvalue weighted by Gasteiger charge is 2.32. The molecular weight excluding hydrogens is 220 g/mol.